The third-order valence-electron chi connectivity index (χ3n) is 3.27. The van der Waals surface area contributed by atoms with E-state index < -0.39 is 11.4 Å². The minimum absolute atomic E-state index is 0.101. The predicted molar refractivity (Wildman–Crippen MR) is 81.3 cm³/mol. The fourth-order valence-corrected chi connectivity index (χ4v) is 2.04. The molecule has 1 aromatic heterocycles. The highest BCUT2D eigenvalue weighted by atomic mass is 35.5. The van der Waals surface area contributed by atoms with Crippen molar-refractivity contribution in [2.45, 2.75) is 40.5 Å². The lowest BCUT2D eigenvalue weighted by Gasteiger charge is -2.12. The first-order valence-electron chi connectivity index (χ1n) is 6.58. The van der Waals surface area contributed by atoms with Gasteiger partial charge in [0.1, 0.15) is 5.82 Å². The number of rotatable bonds is 4. The maximum Gasteiger partial charge on any atom is 0.289 e. The molecule has 0 saturated heterocycles. The van der Waals surface area contributed by atoms with E-state index in [4.69, 9.17) is 11.6 Å². The summed E-state index contributed by atoms with van der Waals surface area (Å²) in [5.41, 5.74) is 1.04. The van der Waals surface area contributed by atoms with E-state index >= 15 is 0 Å². The number of aromatic nitrogens is 2. The number of halogens is 2. The van der Waals surface area contributed by atoms with E-state index in [2.05, 4.69) is 11.9 Å². The molecule has 0 radical (unpaired) electrons. The highest BCUT2D eigenvalue weighted by Gasteiger charge is 2.14. The first-order chi connectivity index (χ1) is 9.31. The molecule has 0 spiro atoms. The van der Waals surface area contributed by atoms with E-state index in [9.17, 15) is 9.18 Å². The Morgan fingerprint density at radius 1 is 1.45 bits per heavy atom. The van der Waals surface area contributed by atoms with Gasteiger partial charge in [-0.3, -0.25) is 9.36 Å². The summed E-state index contributed by atoms with van der Waals surface area (Å²) in [5, 5.41) is 0.639. The maximum absolute atomic E-state index is 13.5. The zero-order valence-electron chi connectivity index (χ0n) is 12.6. The number of aryl methyl sites for hydroxylation is 1. The van der Waals surface area contributed by atoms with Crippen molar-refractivity contribution >= 4 is 17.2 Å². The average molecular weight is 299 g/mol. The second kappa shape index (κ2) is 6.84. The van der Waals surface area contributed by atoms with Gasteiger partial charge in [0.15, 0.2) is 0 Å². The van der Waals surface area contributed by atoms with Crippen molar-refractivity contribution in [3.8, 4) is 0 Å². The minimum Gasteiger partial charge on any atom is -0.294 e. The van der Waals surface area contributed by atoms with Gasteiger partial charge in [-0.05, 0) is 38.3 Å². The monoisotopic (exact) mass is 298 g/mol. The van der Waals surface area contributed by atoms with E-state index in [0.717, 1.165) is 24.0 Å². The van der Waals surface area contributed by atoms with Gasteiger partial charge in [-0.25, -0.2) is 4.98 Å². The quantitative estimate of drug-likeness (QED) is 0.789. The van der Waals surface area contributed by atoms with Crippen molar-refractivity contribution in [1.29, 1.82) is 0 Å². The molecule has 0 aliphatic rings. The summed E-state index contributed by atoms with van der Waals surface area (Å²) in [6.45, 7) is 7.25. The molecule has 0 aliphatic heterocycles. The molecule has 0 fully saturated rings. The van der Waals surface area contributed by atoms with E-state index in [1.54, 1.807) is 0 Å². The molecular weight excluding hydrogens is 279 g/mol. The van der Waals surface area contributed by atoms with Gasteiger partial charge in [0, 0.05) is 12.1 Å². The zero-order valence-corrected chi connectivity index (χ0v) is 13.3. The molecule has 1 heterocycles. The van der Waals surface area contributed by atoms with Gasteiger partial charge < -0.3 is 0 Å². The molecule has 0 bridgehead atoms. The SMILES string of the molecule is CCC/C=C(Cl)/C(C)=C(/C)c1nc(C)c(F)c(=O)n1C. The second-order valence-corrected chi connectivity index (χ2v) is 5.20. The Hall–Kier alpha value is -1.42. The van der Waals surface area contributed by atoms with Crippen LogP contribution in [0.3, 0.4) is 0 Å². The maximum atomic E-state index is 13.5. The molecule has 20 heavy (non-hydrogen) atoms. The molecule has 110 valence electrons. The zero-order chi connectivity index (χ0) is 15.4. The lowest BCUT2D eigenvalue weighted by Crippen LogP contribution is -2.26. The largest absolute Gasteiger partial charge is 0.294 e. The summed E-state index contributed by atoms with van der Waals surface area (Å²) in [6.07, 6.45) is 3.84. The van der Waals surface area contributed by atoms with Crippen LogP contribution in [0.5, 0.6) is 0 Å². The highest BCUT2D eigenvalue weighted by molar-refractivity contribution is 6.32. The highest BCUT2D eigenvalue weighted by Crippen LogP contribution is 2.24. The van der Waals surface area contributed by atoms with Crippen LogP contribution in [0.4, 0.5) is 4.39 Å². The lowest BCUT2D eigenvalue weighted by molar-refractivity contribution is 0.564. The summed E-state index contributed by atoms with van der Waals surface area (Å²) in [7, 11) is 1.51. The molecular formula is C15H20ClFN2O. The third-order valence-corrected chi connectivity index (χ3v) is 3.71. The van der Waals surface area contributed by atoms with Gasteiger partial charge in [0.05, 0.1) is 5.69 Å². The fourth-order valence-electron chi connectivity index (χ4n) is 1.79. The van der Waals surface area contributed by atoms with Crippen molar-refractivity contribution in [3.05, 3.63) is 44.4 Å². The molecule has 1 aromatic rings. The Balaban J connectivity index is 3.41. The number of nitrogens with zero attached hydrogens (tertiary/aromatic N) is 2. The van der Waals surface area contributed by atoms with Crippen molar-refractivity contribution in [3.63, 3.8) is 0 Å². The third kappa shape index (κ3) is 3.37. The summed E-state index contributed by atoms with van der Waals surface area (Å²) in [6, 6.07) is 0. The molecule has 5 heteroatoms. The van der Waals surface area contributed by atoms with Gasteiger partial charge in [0.25, 0.3) is 5.56 Å². The van der Waals surface area contributed by atoms with Gasteiger partial charge in [-0.2, -0.15) is 4.39 Å². The van der Waals surface area contributed by atoms with Crippen LogP contribution in [-0.2, 0) is 7.05 Å². The van der Waals surface area contributed by atoms with E-state index in [0.29, 0.717) is 10.9 Å². The van der Waals surface area contributed by atoms with Crippen LogP contribution >= 0.6 is 11.6 Å². The fraction of sp³-hybridized carbons (Fsp3) is 0.467. The van der Waals surface area contributed by atoms with Crippen LogP contribution in [0.2, 0.25) is 0 Å². The number of allylic oxidation sites excluding steroid dienone is 4. The Labute approximate surface area is 123 Å². The molecule has 0 unspecified atom stereocenters. The van der Waals surface area contributed by atoms with Crippen LogP contribution in [0, 0.1) is 12.7 Å². The van der Waals surface area contributed by atoms with Crippen LogP contribution in [0.25, 0.3) is 5.57 Å². The smallest absolute Gasteiger partial charge is 0.289 e. The van der Waals surface area contributed by atoms with E-state index in [1.165, 1.54) is 18.5 Å². The molecule has 0 saturated carbocycles. The minimum atomic E-state index is -0.811. The van der Waals surface area contributed by atoms with Crippen molar-refractivity contribution < 1.29 is 4.39 Å². The summed E-state index contributed by atoms with van der Waals surface area (Å²) < 4.78 is 14.7. The van der Waals surface area contributed by atoms with Gasteiger partial charge >= 0.3 is 0 Å². The van der Waals surface area contributed by atoms with Crippen LogP contribution < -0.4 is 5.56 Å². The predicted octanol–water partition coefficient (Wildman–Crippen LogP) is 3.94. The molecule has 0 N–H and O–H groups in total. The Morgan fingerprint density at radius 2 is 2.05 bits per heavy atom. The number of hydrogen-bond acceptors (Lipinski definition) is 2. The topological polar surface area (TPSA) is 34.9 Å². The standard InChI is InChI=1S/C15H20ClFN2O/c1-6-7-8-12(16)9(2)10(3)14-18-11(4)13(17)15(20)19(14)5/h8H,6-7H2,1-5H3/b10-9-,12-8-. The molecule has 0 aromatic carbocycles. The molecule has 0 atom stereocenters. The van der Waals surface area contributed by atoms with E-state index in [1.807, 2.05) is 19.9 Å². The summed E-state index contributed by atoms with van der Waals surface area (Å²) in [5.74, 6) is -0.372. The average Bonchev–Trinajstić information content (AvgIpc) is 2.44. The molecule has 3 nitrogen and oxygen atoms in total. The summed E-state index contributed by atoms with van der Waals surface area (Å²) in [4.78, 5) is 15.9. The van der Waals surface area contributed by atoms with Crippen LogP contribution in [0.15, 0.2) is 21.5 Å². The second-order valence-electron chi connectivity index (χ2n) is 4.79. The van der Waals surface area contributed by atoms with Gasteiger partial charge in [-0.1, -0.05) is 31.0 Å². The van der Waals surface area contributed by atoms with E-state index in [-0.39, 0.29) is 5.69 Å². The van der Waals surface area contributed by atoms with Gasteiger partial charge in [-0.15, -0.1) is 0 Å². The van der Waals surface area contributed by atoms with Gasteiger partial charge in [0.2, 0.25) is 5.82 Å². The normalized spacial score (nSPS) is 13.4. The Morgan fingerprint density at radius 3 is 2.60 bits per heavy atom. The summed E-state index contributed by atoms with van der Waals surface area (Å²) >= 11 is 6.23. The lowest BCUT2D eigenvalue weighted by atomic mass is 10.1. The van der Waals surface area contributed by atoms with Crippen molar-refractivity contribution in [2.75, 3.05) is 0 Å². The number of unbranched alkanes of at least 4 members (excludes halogenated alkanes) is 1. The van der Waals surface area contributed by atoms with Crippen LogP contribution in [-0.4, -0.2) is 9.55 Å². The first kappa shape index (κ1) is 16.6. The Bertz CT molecular complexity index is 629. The molecule has 0 aliphatic carbocycles. The molecule has 1 rings (SSSR count). The molecule has 0 amide bonds. The number of hydrogen-bond donors (Lipinski definition) is 0. The van der Waals surface area contributed by atoms with Crippen LogP contribution in [0.1, 0.15) is 45.1 Å². The van der Waals surface area contributed by atoms with Crippen molar-refractivity contribution in [1.82, 2.24) is 9.55 Å². The first-order valence-corrected chi connectivity index (χ1v) is 6.96. The van der Waals surface area contributed by atoms with Crippen molar-refractivity contribution in [2.24, 2.45) is 7.05 Å². The Kier molecular flexibility index (Phi) is 5.69.